The normalized spacial score (nSPS) is 13.1. The van der Waals surface area contributed by atoms with Gasteiger partial charge in [-0.1, -0.05) is 13.8 Å². The third-order valence-electron chi connectivity index (χ3n) is 3.43. The van der Waals surface area contributed by atoms with Gasteiger partial charge in [-0.15, -0.1) is 22.7 Å². The van der Waals surface area contributed by atoms with E-state index >= 15 is 0 Å². The van der Waals surface area contributed by atoms with Crippen LogP contribution in [0.4, 0.5) is 0 Å². The van der Waals surface area contributed by atoms with Gasteiger partial charge in [-0.05, 0) is 24.9 Å². The molecule has 0 radical (unpaired) electrons. The zero-order valence-corrected chi connectivity index (χ0v) is 14.2. The third-order valence-corrected chi connectivity index (χ3v) is 5.27. The lowest BCUT2D eigenvalue weighted by atomic mass is 10.2. The molecule has 0 fully saturated rings. The summed E-state index contributed by atoms with van der Waals surface area (Å²) >= 11 is 3.48. The summed E-state index contributed by atoms with van der Waals surface area (Å²) in [6.07, 6.45) is 0. The molecule has 1 N–H and O–H groups in total. The van der Waals surface area contributed by atoms with Gasteiger partial charge in [0.1, 0.15) is 5.75 Å². The fourth-order valence-corrected chi connectivity index (χ4v) is 4.22. The molecule has 1 aromatic carbocycles. The number of nitrogens with zero attached hydrogens (tertiary/aromatic N) is 1. The van der Waals surface area contributed by atoms with Crippen molar-refractivity contribution in [3.63, 3.8) is 0 Å². The second-order valence-corrected chi connectivity index (χ2v) is 7.49. The predicted octanol–water partition coefficient (Wildman–Crippen LogP) is 4.44. The molecule has 1 atom stereocenters. The Morgan fingerprint density at radius 1 is 1.43 bits per heavy atom. The number of fused-ring (bicyclic) bond motifs is 3. The molecule has 2 aromatic heterocycles. The quantitative estimate of drug-likeness (QED) is 0.729. The summed E-state index contributed by atoms with van der Waals surface area (Å²) in [5.41, 5.74) is 1.12. The molecule has 2 heterocycles. The van der Waals surface area contributed by atoms with Crippen molar-refractivity contribution >= 4 is 43.0 Å². The first-order valence-electron chi connectivity index (χ1n) is 7.30. The maximum absolute atomic E-state index is 6.10. The summed E-state index contributed by atoms with van der Waals surface area (Å²) in [7, 11) is 0. The van der Waals surface area contributed by atoms with Crippen molar-refractivity contribution in [3.05, 3.63) is 22.5 Å². The fourth-order valence-electron chi connectivity index (χ4n) is 2.39. The largest absolute Gasteiger partial charge is 0.493 e. The summed E-state index contributed by atoms with van der Waals surface area (Å²) in [5, 5.41) is 7.78. The Bertz CT molecular complexity index is 747. The van der Waals surface area contributed by atoms with E-state index in [0.717, 1.165) is 36.0 Å². The Balaban J connectivity index is 1.88. The molecule has 0 saturated carbocycles. The molecule has 0 aliphatic heterocycles. The number of ether oxygens (including phenoxy) is 1. The molecule has 0 saturated heterocycles. The average Bonchev–Trinajstić information content (AvgIpc) is 3.07. The highest BCUT2D eigenvalue weighted by molar-refractivity contribution is 7.21. The number of hydrogen-bond acceptors (Lipinski definition) is 5. The van der Waals surface area contributed by atoms with E-state index in [1.165, 1.54) is 14.8 Å². The summed E-state index contributed by atoms with van der Waals surface area (Å²) in [6.45, 7) is 9.13. The zero-order valence-electron chi connectivity index (χ0n) is 12.6. The Hall–Kier alpha value is -1.17. The molecule has 112 valence electrons. The number of benzene rings is 1. The highest BCUT2D eigenvalue weighted by atomic mass is 32.1. The smallest absolute Gasteiger partial charge is 0.129 e. The van der Waals surface area contributed by atoms with E-state index < -0.39 is 0 Å². The van der Waals surface area contributed by atoms with Crippen LogP contribution < -0.4 is 10.1 Å². The number of thiazole rings is 1. The van der Waals surface area contributed by atoms with Crippen molar-refractivity contribution in [2.45, 2.75) is 20.8 Å². The molecular formula is C16H20N2OS2. The molecule has 21 heavy (non-hydrogen) atoms. The van der Waals surface area contributed by atoms with Crippen molar-refractivity contribution in [2.24, 2.45) is 5.92 Å². The Kier molecular flexibility index (Phi) is 4.42. The number of aromatic nitrogens is 1. The van der Waals surface area contributed by atoms with Gasteiger partial charge in [0.15, 0.2) is 0 Å². The SMILES string of the molecule is CCNCC(C)COc1cc2sc(C)nc2c2sccc12. The van der Waals surface area contributed by atoms with Crippen molar-refractivity contribution in [2.75, 3.05) is 19.7 Å². The monoisotopic (exact) mass is 320 g/mol. The summed E-state index contributed by atoms with van der Waals surface area (Å²) < 4.78 is 8.56. The molecule has 5 heteroatoms. The van der Waals surface area contributed by atoms with Crippen molar-refractivity contribution < 1.29 is 4.74 Å². The van der Waals surface area contributed by atoms with Gasteiger partial charge in [-0.3, -0.25) is 0 Å². The van der Waals surface area contributed by atoms with Crippen LogP contribution in [0.2, 0.25) is 0 Å². The van der Waals surface area contributed by atoms with Crippen molar-refractivity contribution in [1.29, 1.82) is 0 Å². The van der Waals surface area contributed by atoms with Gasteiger partial charge in [0.2, 0.25) is 0 Å². The Labute approximate surface area is 133 Å². The van der Waals surface area contributed by atoms with Crippen LogP contribution in [0.1, 0.15) is 18.9 Å². The lowest BCUT2D eigenvalue weighted by Crippen LogP contribution is -2.24. The highest BCUT2D eigenvalue weighted by Gasteiger charge is 2.13. The van der Waals surface area contributed by atoms with Gasteiger partial charge in [0.05, 0.1) is 26.5 Å². The Morgan fingerprint density at radius 3 is 3.10 bits per heavy atom. The van der Waals surface area contributed by atoms with Gasteiger partial charge in [-0.2, -0.15) is 0 Å². The number of nitrogens with one attached hydrogen (secondary N) is 1. The molecule has 0 amide bonds. The van der Waals surface area contributed by atoms with E-state index in [-0.39, 0.29) is 0 Å². The van der Waals surface area contributed by atoms with Gasteiger partial charge in [0, 0.05) is 23.9 Å². The number of rotatable bonds is 6. The van der Waals surface area contributed by atoms with Crippen LogP contribution in [-0.4, -0.2) is 24.7 Å². The molecule has 3 aromatic rings. The minimum absolute atomic E-state index is 0.498. The van der Waals surface area contributed by atoms with Crippen LogP contribution in [0.15, 0.2) is 17.5 Å². The van der Waals surface area contributed by atoms with E-state index in [1.807, 2.05) is 0 Å². The van der Waals surface area contributed by atoms with E-state index in [4.69, 9.17) is 4.74 Å². The van der Waals surface area contributed by atoms with Gasteiger partial charge >= 0.3 is 0 Å². The van der Waals surface area contributed by atoms with Gasteiger partial charge in [-0.25, -0.2) is 4.98 Å². The van der Waals surface area contributed by atoms with Crippen molar-refractivity contribution in [1.82, 2.24) is 10.3 Å². The standard InChI is InChI=1S/C16H20N2OS2/c1-4-17-8-10(2)9-19-13-7-14-15(18-11(3)21-14)16-12(13)5-6-20-16/h5-7,10,17H,4,8-9H2,1-3H3. The first-order chi connectivity index (χ1) is 10.2. The van der Waals surface area contributed by atoms with Crippen LogP contribution in [0.25, 0.3) is 20.3 Å². The second-order valence-electron chi connectivity index (χ2n) is 5.34. The maximum Gasteiger partial charge on any atom is 0.129 e. The minimum atomic E-state index is 0.498. The van der Waals surface area contributed by atoms with Crippen LogP contribution in [0.5, 0.6) is 5.75 Å². The lowest BCUT2D eigenvalue weighted by molar-refractivity contribution is 0.259. The van der Waals surface area contributed by atoms with Crippen LogP contribution in [-0.2, 0) is 0 Å². The summed E-state index contributed by atoms with van der Waals surface area (Å²) in [5.74, 6) is 1.49. The number of hydrogen-bond donors (Lipinski definition) is 1. The molecule has 0 bridgehead atoms. The number of thiophene rings is 1. The average molecular weight is 320 g/mol. The maximum atomic E-state index is 6.10. The Morgan fingerprint density at radius 2 is 2.29 bits per heavy atom. The first kappa shape index (κ1) is 14.8. The second kappa shape index (κ2) is 6.30. The third kappa shape index (κ3) is 3.05. The first-order valence-corrected chi connectivity index (χ1v) is 8.99. The molecule has 0 aliphatic carbocycles. The lowest BCUT2D eigenvalue weighted by Gasteiger charge is -2.14. The fraction of sp³-hybridized carbons (Fsp3) is 0.438. The molecule has 0 spiro atoms. The molecule has 0 aliphatic rings. The van der Waals surface area contributed by atoms with Gasteiger partial charge in [0.25, 0.3) is 0 Å². The molecule has 3 rings (SSSR count). The summed E-state index contributed by atoms with van der Waals surface area (Å²) in [4.78, 5) is 4.65. The molecule has 3 nitrogen and oxygen atoms in total. The van der Waals surface area contributed by atoms with Crippen LogP contribution in [0.3, 0.4) is 0 Å². The van der Waals surface area contributed by atoms with E-state index in [0.29, 0.717) is 5.92 Å². The van der Waals surface area contributed by atoms with E-state index in [2.05, 4.69) is 48.6 Å². The minimum Gasteiger partial charge on any atom is -0.493 e. The summed E-state index contributed by atoms with van der Waals surface area (Å²) in [6, 6.07) is 4.29. The number of aryl methyl sites for hydroxylation is 1. The predicted molar refractivity (Wildman–Crippen MR) is 92.9 cm³/mol. The van der Waals surface area contributed by atoms with Crippen LogP contribution in [0, 0.1) is 12.8 Å². The highest BCUT2D eigenvalue weighted by Crippen LogP contribution is 2.38. The topological polar surface area (TPSA) is 34.1 Å². The van der Waals surface area contributed by atoms with Crippen molar-refractivity contribution in [3.8, 4) is 5.75 Å². The van der Waals surface area contributed by atoms with Crippen LogP contribution >= 0.6 is 22.7 Å². The molecule has 1 unspecified atom stereocenters. The van der Waals surface area contributed by atoms with E-state index in [9.17, 15) is 0 Å². The zero-order chi connectivity index (χ0) is 14.8. The van der Waals surface area contributed by atoms with Gasteiger partial charge < -0.3 is 10.1 Å². The molecular weight excluding hydrogens is 300 g/mol. The van der Waals surface area contributed by atoms with E-state index in [1.54, 1.807) is 22.7 Å².